The summed E-state index contributed by atoms with van der Waals surface area (Å²) in [5.74, 6) is -0.172. The molecule has 0 saturated heterocycles. The molecule has 8 nitrogen and oxygen atoms in total. The lowest BCUT2D eigenvalue weighted by Crippen LogP contribution is -2.46. The van der Waals surface area contributed by atoms with Crippen molar-refractivity contribution in [1.82, 2.24) is 5.32 Å². The summed E-state index contributed by atoms with van der Waals surface area (Å²) < 4.78 is 22.2. The van der Waals surface area contributed by atoms with E-state index in [1.807, 2.05) is 0 Å². The number of phosphoric acid groups is 1. The third kappa shape index (κ3) is 37.1. The van der Waals surface area contributed by atoms with E-state index in [4.69, 9.17) is 14.8 Å². The van der Waals surface area contributed by atoms with Crippen LogP contribution in [-0.2, 0) is 18.4 Å². The zero-order valence-electron chi connectivity index (χ0n) is 33.8. The summed E-state index contributed by atoms with van der Waals surface area (Å²) in [4.78, 5) is 22.7. The lowest BCUT2D eigenvalue weighted by molar-refractivity contribution is -0.123. The molecule has 0 rings (SSSR count). The first-order valence-corrected chi connectivity index (χ1v) is 23.1. The smallest absolute Gasteiger partial charge is 0.391 e. The zero-order valence-corrected chi connectivity index (χ0v) is 34.7. The summed E-state index contributed by atoms with van der Waals surface area (Å²) in [6.45, 7) is 4.09. The minimum absolute atomic E-state index is 0.0864. The van der Waals surface area contributed by atoms with Gasteiger partial charge in [-0.1, -0.05) is 185 Å². The first-order valence-electron chi connectivity index (χ1n) is 21.6. The van der Waals surface area contributed by atoms with Gasteiger partial charge in [-0.3, -0.25) is 13.8 Å². The van der Waals surface area contributed by atoms with Crippen molar-refractivity contribution < 1.29 is 28.4 Å². The summed E-state index contributed by atoms with van der Waals surface area (Å²) in [5, 5.41) is 13.8. The van der Waals surface area contributed by atoms with Crippen molar-refractivity contribution in [2.75, 3.05) is 19.8 Å². The van der Waals surface area contributed by atoms with Gasteiger partial charge in [0.2, 0.25) is 5.91 Å². The fourth-order valence-corrected chi connectivity index (χ4v) is 7.03. The van der Waals surface area contributed by atoms with Crippen molar-refractivity contribution in [3.8, 4) is 0 Å². The molecular formula is C43H83N2O6P. The Kier molecular flexibility index (Phi) is 38.4. The Morgan fingerprint density at radius 3 is 1.63 bits per heavy atom. The molecule has 0 fully saturated rings. The van der Waals surface area contributed by atoms with E-state index >= 15 is 0 Å². The Balaban J connectivity index is 4.18. The van der Waals surface area contributed by atoms with Crippen molar-refractivity contribution in [3.05, 3.63) is 36.5 Å². The maximum Gasteiger partial charge on any atom is 0.472 e. The number of carbonyl (C=O) groups excluding carboxylic acids is 1. The van der Waals surface area contributed by atoms with Gasteiger partial charge in [0.05, 0.1) is 25.4 Å². The molecule has 0 spiro atoms. The van der Waals surface area contributed by atoms with Gasteiger partial charge in [-0.15, -0.1) is 0 Å². The van der Waals surface area contributed by atoms with Gasteiger partial charge in [0.1, 0.15) is 0 Å². The van der Waals surface area contributed by atoms with Crippen LogP contribution in [0.5, 0.6) is 0 Å². The Morgan fingerprint density at radius 2 is 1.12 bits per heavy atom. The standard InChI is InChI=1S/C43H83N2O6P/c1-3-5-7-9-11-13-15-17-19-21-23-25-27-29-31-33-35-37-43(47)45-41(40-51-52(48,49)50-39-38-44)42(46)36-34-32-30-28-26-24-22-20-18-16-14-12-10-8-6-4-2/h5,7,11,13,17,19,41-42,46H,3-4,6,8-10,12,14-16,18,20-40,44H2,1-2H3,(H,45,47)(H,48,49)/b7-5-,13-11-,19-17-. The molecule has 0 aromatic rings. The lowest BCUT2D eigenvalue weighted by Gasteiger charge is -2.25. The van der Waals surface area contributed by atoms with Gasteiger partial charge in [0.15, 0.2) is 0 Å². The summed E-state index contributed by atoms with van der Waals surface area (Å²) in [7, 11) is -4.32. The molecule has 5 N–H and O–H groups in total. The van der Waals surface area contributed by atoms with Crippen LogP contribution in [0.1, 0.15) is 200 Å². The second-order valence-electron chi connectivity index (χ2n) is 14.5. The molecule has 9 heteroatoms. The van der Waals surface area contributed by atoms with Gasteiger partial charge in [-0.25, -0.2) is 4.57 Å². The number of hydrogen-bond donors (Lipinski definition) is 4. The number of unbranched alkanes of at least 4 members (excludes halogenated alkanes) is 22. The second-order valence-corrected chi connectivity index (χ2v) is 16.0. The fourth-order valence-electron chi connectivity index (χ4n) is 6.27. The highest BCUT2D eigenvalue weighted by Gasteiger charge is 2.27. The highest BCUT2D eigenvalue weighted by atomic mass is 31.2. The Bertz CT molecular complexity index is 912. The summed E-state index contributed by atoms with van der Waals surface area (Å²) in [5.41, 5.74) is 5.38. The van der Waals surface area contributed by atoms with Crippen LogP contribution in [-0.4, -0.2) is 47.8 Å². The molecule has 0 aliphatic heterocycles. The van der Waals surface area contributed by atoms with Crippen LogP contribution in [0.4, 0.5) is 0 Å². The Hall–Kier alpha value is -1.28. The molecule has 1 amide bonds. The van der Waals surface area contributed by atoms with Crippen molar-refractivity contribution in [2.45, 2.75) is 212 Å². The molecule has 0 aromatic heterocycles. The van der Waals surface area contributed by atoms with Gasteiger partial charge in [0.25, 0.3) is 0 Å². The molecule has 0 heterocycles. The normalized spacial score (nSPS) is 14.5. The molecule has 0 radical (unpaired) electrons. The number of carbonyl (C=O) groups is 1. The molecule has 0 saturated carbocycles. The molecule has 0 bridgehead atoms. The highest BCUT2D eigenvalue weighted by molar-refractivity contribution is 7.47. The summed E-state index contributed by atoms with van der Waals surface area (Å²) in [6, 6.07) is -0.779. The second kappa shape index (κ2) is 39.4. The minimum Gasteiger partial charge on any atom is -0.391 e. The Labute approximate surface area is 320 Å². The third-order valence-corrected chi connectivity index (χ3v) is 10.5. The van der Waals surface area contributed by atoms with Crippen LogP contribution in [0.15, 0.2) is 36.5 Å². The average molecular weight is 755 g/mol. The number of nitrogens with one attached hydrogen (secondary N) is 1. The van der Waals surface area contributed by atoms with Crippen molar-refractivity contribution >= 4 is 13.7 Å². The number of aliphatic hydroxyl groups is 1. The number of phosphoric ester groups is 1. The number of rotatable bonds is 40. The maximum absolute atomic E-state index is 12.8. The van der Waals surface area contributed by atoms with Crippen LogP contribution in [0.2, 0.25) is 0 Å². The molecule has 3 unspecified atom stereocenters. The minimum atomic E-state index is -4.32. The van der Waals surface area contributed by atoms with Crippen LogP contribution < -0.4 is 11.1 Å². The van der Waals surface area contributed by atoms with Crippen molar-refractivity contribution in [1.29, 1.82) is 0 Å². The van der Waals surface area contributed by atoms with Crippen LogP contribution in [0.3, 0.4) is 0 Å². The van der Waals surface area contributed by atoms with Crippen molar-refractivity contribution in [3.63, 3.8) is 0 Å². The number of hydrogen-bond acceptors (Lipinski definition) is 6. The van der Waals surface area contributed by atoms with E-state index < -0.39 is 20.0 Å². The van der Waals surface area contributed by atoms with Gasteiger partial charge < -0.3 is 21.1 Å². The van der Waals surface area contributed by atoms with Crippen LogP contribution in [0.25, 0.3) is 0 Å². The third-order valence-electron chi connectivity index (χ3n) is 9.51. The van der Waals surface area contributed by atoms with E-state index in [0.29, 0.717) is 12.8 Å². The molecule has 3 atom stereocenters. The molecule has 0 aliphatic rings. The number of allylic oxidation sites excluding steroid dienone is 6. The van der Waals surface area contributed by atoms with Gasteiger partial charge in [-0.05, 0) is 44.9 Å². The molecule has 52 heavy (non-hydrogen) atoms. The predicted molar refractivity (Wildman–Crippen MR) is 221 cm³/mol. The molecule has 0 aliphatic carbocycles. The maximum atomic E-state index is 12.8. The topological polar surface area (TPSA) is 131 Å². The van der Waals surface area contributed by atoms with Gasteiger partial charge in [0, 0.05) is 13.0 Å². The average Bonchev–Trinajstić information content (AvgIpc) is 3.13. The number of aliphatic hydroxyl groups excluding tert-OH is 1. The lowest BCUT2D eigenvalue weighted by atomic mass is 10.0. The first-order chi connectivity index (χ1) is 25.4. The SMILES string of the molecule is CC/C=C\C/C=C\C/C=C\CCCCCCCCCC(=O)NC(COP(=O)(O)OCCN)C(O)CCCCCCCCCCCCCCCCCC. The number of amides is 1. The van der Waals surface area contributed by atoms with E-state index in [9.17, 15) is 19.4 Å². The summed E-state index contributed by atoms with van der Waals surface area (Å²) in [6.07, 6.45) is 45.7. The Morgan fingerprint density at radius 1 is 0.654 bits per heavy atom. The van der Waals surface area contributed by atoms with E-state index in [-0.39, 0.29) is 25.7 Å². The molecule has 0 aromatic carbocycles. The van der Waals surface area contributed by atoms with E-state index in [2.05, 4.69) is 55.6 Å². The zero-order chi connectivity index (χ0) is 38.2. The predicted octanol–water partition coefficient (Wildman–Crippen LogP) is 11.9. The van der Waals surface area contributed by atoms with Gasteiger partial charge >= 0.3 is 7.82 Å². The number of nitrogens with two attached hydrogens (primary N) is 1. The van der Waals surface area contributed by atoms with Crippen LogP contribution >= 0.6 is 7.82 Å². The first kappa shape index (κ1) is 50.7. The monoisotopic (exact) mass is 755 g/mol. The quantitative estimate of drug-likeness (QED) is 0.0278. The van der Waals surface area contributed by atoms with Crippen LogP contribution in [0, 0.1) is 0 Å². The summed E-state index contributed by atoms with van der Waals surface area (Å²) >= 11 is 0. The fraction of sp³-hybridized carbons (Fsp3) is 0.837. The van der Waals surface area contributed by atoms with E-state index in [1.165, 1.54) is 109 Å². The molecular weight excluding hydrogens is 671 g/mol. The van der Waals surface area contributed by atoms with Gasteiger partial charge in [-0.2, -0.15) is 0 Å². The van der Waals surface area contributed by atoms with Crippen molar-refractivity contribution in [2.24, 2.45) is 5.73 Å². The van der Waals surface area contributed by atoms with E-state index in [1.54, 1.807) is 0 Å². The molecule has 306 valence electrons. The highest BCUT2D eigenvalue weighted by Crippen LogP contribution is 2.43. The largest absolute Gasteiger partial charge is 0.472 e. The van der Waals surface area contributed by atoms with E-state index in [0.717, 1.165) is 64.2 Å².